The number of hydrogen-bond acceptors (Lipinski definition) is 6. The molecule has 6 heteroatoms. The maximum absolute atomic E-state index is 6.43. The number of fused-ring (bicyclic) bond motifs is 1. The molecule has 0 bridgehead atoms. The van der Waals surface area contributed by atoms with E-state index in [1.165, 1.54) is 10.4 Å². The lowest BCUT2D eigenvalue weighted by atomic mass is 10.2. The van der Waals surface area contributed by atoms with Crippen molar-refractivity contribution in [3.63, 3.8) is 0 Å². The third-order valence-corrected chi connectivity index (χ3v) is 6.35. The number of benzene rings is 2. The predicted octanol–water partition coefficient (Wildman–Crippen LogP) is 3.52. The number of nitrogens with zero attached hydrogens (tertiary/aromatic N) is 3. The third-order valence-electron chi connectivity index (χ3n) is 5.18. The van der Waals surface area contributed by atoms with Crippen LogP contribution in [0.4, 0.5) is 5.69 Å². The Morgan fingerprint density at radius 2 is 1.81 bits per heavy atom. The monoisotopic (exact) mass is 382 g/mol. The molecule has 0 spiro atoms. The van der Waals surface area contributed by atoms with Gasteiger partial charge in [-0.1, -0.05) is 24.3 Å². The van der Waals surface area contributed by atoms with E-state index in [4.69, 9.17) is 15.5 Å². The molecule has 5 nitrogen and oxygen atoms in total. The second kappa shape index (κ2) is 8.25. The summed E-state index contributed by atoms with van der Waals surface area (Å²) in [5.41, 5.74) is 8.67. The van der Waals surface area contributed by atoms with Gasteiger partial charge in [0.05, 0.1) is 29.1 Å². The minimum atomic E-state index is 0.00893. The average molecular weight is 383 g/mol. The number of nitrogens with two attached hydrogens (primary N) is 1. The van der Waals surface area contributed by atoms with Crippen molar-refractivity contribution in [2.45, 2.75) is 12.5 Å². The Labute approximate surface area is 164 Å². The van der Waals surface area contributed by atoms with Crippen LogP contribution in [-0.4, -0.2) is 49.7 Å². The minimum Gasteiger partial charge on any atom is -0.495 e. The Kier molecular flexibility index (Phi) is 5.57. The number of para-hydroxylation sites is 3. The molecule has 1 fully saturated rings. The van der Waals surface area contributed by atoms with E-state index < -0.39 is 0 Å². The van der Waals surface area contributed by atoms with Crippen molar-refractivity contribution < 1.29 is 4.74 Å². The second-order valence-electron chi connectivity index (χ2n) is 6.92. The van der Waals surface area contributed by atoms with Crippen molar-refractivity contribution in [3.8, 4) is 5.75 Å². The highest BCUT2D eigenvalue weighted by Crippen LogP contribution is 2.29. The first kappa shape index (κ1) is 18.2. The van der Waals surface area contributed by atoms with Crippen molar-refractivity contribution in [1.29, 1.82) is 0 Å². The van der Waals surface area contributed by atoms with Crippen LogP contribution in [0.15, 0.2) is 48.5 Å². The average Bonchev–Trinajstić information content (AvgIpc) is 3.17. The molecular formula is C21H26N4OS. The molecule has 1 atom stereocenters. The molecule has 2 aromatic carbocycles. The summed E-state index contributed by atoms with van der Waals surface area (Å²) < 4.78 is 6.72. The fourth-order valence-corrected chi connectivity index (χ4v) is 4.60. The van der Waals surface area contributed by atoms with Crippen LogP contribution < -0.4 is 15.4 Å². The highest BCUT2D eigenvalue weighted by molar-refractivity contribution is 7.18. The Bertz CT molecular complexity index is 856. The lowest BCUT2D eigenvalue weighted by Crippen LogP contribution is -2.47. The summed E-state index contributed by atoms with van der Waals surface area (Å²) in [7, 11) is 1.73. The SMILES string of the molecule is COc1ccccc1N1CCN(CCC(N)c2nc3ccccc3s2)CC1. The zero-order chi connectivity index (χ0) is 18.6. The van der Waals surface area contributed by atoms with E-state index in [1.807, 2.05) is 18.2 Å². The summed E-state index contributed by atoms with van der Waals surface area (Å²) in [4.78, 5) is 9.60. The van der Waals surface area contributed by atoms with Gasteiger partial charge in [0.25, 0.3) is 0 Å². The number of hydrogen-bond donors (Lipinski definition) is 1. The molecule has 142 valence electrons. The highest BCUT2D eigenvalue weighted by Gasteiger charge is 2.20. The van der Waals surface area contributed by atoms with Crippen LogP contribution in [0.5, 0.6) is 5.75 Å². The summed E-state index contributed by atoms with van der Waals surface area (Å²) in [6.07, 6.45) is 0.939. The number of methoxy groups -OCH3 is 1. The number of aromatic nitrogens is 1. The van der Waals surface area contributed by atoms with Gasteiger partial charge < -0.3 is 15.4 Å². The van der Waals surface area contributed by atoms with Crippen LogP contribution in [-0.2, 0) is 0 Å². The largest absolute Gasteiger partial charge is 0.495 e. The predicted molar refractivity (Wildman–Crippen MR) is 113 cm³/mol. The van der Waals surface area contributed by atoms with Crippen LogP contribution in [0, 0.1) is 0 Å². The number of piperazine rings is 1. The molecule has 0 saturated carbocycles. The van der Waals surface area contributed by atoms with Gasteiger partial charge in [0.2, 0.25) is 0 Å². The van der Waals surface area contributed by atoms with Gasteiger partial charge in [-0.15, -0.1) is 11.3 Å². The van der Waals surface area contributed by atoms with Crippen LogP contribution in [0.3, 0.4) is 0 Å². The van der Waals surface area contributed by atoms with E-state index in [1.54, 1.807) is 18.4 Å². The number of thiazole rings is 1. The van der Waals surface area contributed by atoms with Crippen molar-refractivity contribution >= 4 is 27.2 Å². The topological polar surface area (TPSA) is 54.6 Å². The molecule has 1 aromatic heterocycles. The molecule has 1 saturated heterocycles. The fraction of sp³-hybridized carbons (Fsp3) is 0.381. The summed E-state index contributed by atoms with van der Waals surface area (Å²) in [5, 5.41) is 1.05. The highest BCUT2D eigenvalue weighted by atomic mass is 32.1. The van der Waals surface area contributed by atoms with Crippen LogP contribution in [0.2, 0.25) is 0 Å². The maximum Gasteiger partial charge on any atom is 0.142 e. The van der Waals surface area contributed by atoms with Gasteiger partial charge in [-0.3, -0.25) is 4.90 Å². The van der Waals surface area contributed by atoms with E-state index in [2.05, 4.69) is 40.1 Å². The van der Waals surface area contributed by atoms with Gasteiger partial charge in [0.15, 0.2) is 0 Å². The van der Waals surface area contributed by atoms with Crippen molar-refractivity contribution in [3.05, 3.63) is 53.5 Å². The van der Waals surface area contributed by atoms with Crippen molar-refractivity contribution in [2.24, 2.45) is 5.73 Å². The Morgan fingerprint density at radius 1 is 1.07 bits per heavy atom. The number of ether oxygens (including phenoxy) is 1. The standard InChI is InChI=1S/C21H26N4OS/c1-26-19-8-4-3-7-18(19)25-14-12-24(13-15-25)11-10-16(22)21-23-17-6-2-5-9-20(17)27-21/h2-9,16H,10-15,22H2,1H3. The minimum absolute atomic E-state index is 0.00893. The molecule has 2 heterocycles. The lowest BCUT2D eigenvalue weighted by Gasteiger charge is -2.36. The molecule has 0 amide bonds. The van der Waals surface area contributed by atoms with Gasteiger partial charge in [-0.05, 0) is 30.7 Å². The molecule has 1 aliphatic heterocycles. The molecule has 1 unspecified atom stereocenters. The summed E-state index contributed by atoms with van der Waals surface area (Å²) >= 11 is 1.72. The summed E-state index contributed by atoms with van der Waals surface area (Å²) in [6, 6.07) is 16.5. The quantitative estimate of drug-likeness (QED) is 0.707. The molecular weight excluding hydrogens is 356 g/mol. The zero-order valence-electron chi connectivity index (χ0n) is 15.7. The van der Waals surface area contributed by atoms with E-state index in [0.717, 1.165) is 55.4 Å². The smallest absolute Gasteiger partial charge is 0.142 e. The fourth-order valence-electron chi connectivity index (χ4n) is 3.60. The van der Waals surface area contributed by atoms with Crippen LogP contribution >= 0.6 is 11.3 Å². The Hall–Kier alpha value is -2.15. The zero-order valence-corrected chi connectivity index (χ0v) is 16.5. The van der Waals surface area contributed by atoms with Gasteiger partial charge in [0.1, 0.15) is 10.8 Å². The first-order chi connectivity index (χ1) is 13.2. The normalized spacial score (nSPS) is 16.6. The maximum atomic E-state index is 6.43. The molecule has 1 aliphatic rings. The molecule has 0 radical (unpaired) electrons. The first-order valence-corrected chi connectivity index (χ1v) is 10.3. The summed E-state index contributed by atoms with van der Waals surface area (Å²) in [6.45, 7) is 5.12. The number of anilines is 1. The van der Waals surface area contributed by atoms with E-state index >= 15 is 0 Å². The van der Waals surface area contributed by atoms with Crippen molar-refractivity contribution in [2.75, 3.05) is 44.7 Å². The van der Waals surface area contributed by atoms with Crippen LogP contribution in [0.1, 0.15) is 17.5 Å². The lowest BCUT2D eigenvalue weighted by molar-refractivity contribution is 0.248. The van der Waals surface area contributed by atoms with Crippen molar-refractivity contribution in [1.82, 2.24) is 9.88 Å². The Balaban J connectivity index is 1.30. The van der Waals surface area contributed by atoms with Gasteiger partial charge in [-0.2, -0.15) is 0 Å². The van der Waals surface area contributed by atoms with Gasteiger partial charge in [-0.25, -0.2) is 4.98 Å². The van der Waals surface area contributed by atoms with E-state index in [0.29, 0.717) is 0 Å². The molecule has 27 heavy (non-hydrogen) atoms. The third kappa shape index (κ3) is 4.08. The molecule has 3 aromatic rings. The molecule has 2 N–H and O–H groups in total. The first-order valence-electron chi connectivity index (χ1n) is 9.46. The van der Waals surface area contributed by atoms with Gasteiger partial charge in [0, 0.05) is 32.7 Å². The Morgan fingerprint density at radius 3 is 2.59 bits per heavy atom. The second-order valence-corrected chi connectivity index (χ2v) is 7.98. The van der Waals surface area contributed by atoms with E-state index in [-0.39, 0.29) is 6.04 Å². The summed E-state index contributed by atoms with van der Waals surface area (Å²) in [5.74, 6) is 0.948. The molecule has 4 rings (SSSR count). The van der Waals surface area contributed by atoms with Gasteiger partial charge >= 0.3 is 0 Å². The molecule has 0 aliphatic carbocycles. The number of rotatable bonds is 6. The van der Waals surface area contributed by atoms with Crippen LogP contribution in [0.25, 0.3) is 10.2 Å². The van der Waals surface area contributed by atoms with E-state index in [9.17, 15) is 0 Å².